The molecule has 2 aromatic rings. The maximum absolute atomic E-state index is 13.7. The number of ketones is 1. The van der Waals surface area contributed by atoms with Crippen molar-refractivity contribution in [3.05, 3.63) is 65.7 Å². The summed E-state index contributed by atoms with van der Waals surface area (Å²) < 4.78 is 42.6. The molecule has 0 radical (unpaired) electrons. The summed E-state index contributed by atoms with van der Waals surface area (Å²) in [6.07, 6.45) is -2.00. The van der Waals surface area contributed by atoms with Crippen LogP contribution in [0.4, 0.5) is 10.5 Å². The van der Waals surface area contributed by atoms with E-state index in [2.05, 4.69) is 16.0 Å². The average Bonchev–Trinajstić information content (AvgIpc) is 3.61. The van der Waals surface area contributed by atoms with Gasteiger partial charge in [0.2, 0.25) is 10.3 Å². The fourth-order valence-corrected chi connectivity index (χ4v) is 6.28. The molecule has 3 unspecified atom stereocenters. The Morgan fingerprint density at radius 2 is 1.86 bits per heavy atom. The smallest absolute Gasteiger partial charge is 0.408 e. The summed E-state index contributed by atoms with van der Waals surface area (Å²) in [4.78, 5) is 24.9. The number of nitrogens with one attached hydrogen (secondary N) is 3. The van der Waals surface area contributed by atoms with Gasteiger partial charge in [0.15, 0.2) is 6.29 Å². The molecule has 4 N–H and O–H groups in total. The molecule has 11 nitrogen and oxygen atoms in total. The number of aliphatic hydroxyl groups excluding tert-OH is 1. The number of hydrogen-bond acceptors (Lipinski definition) is 9. The third kappa shape index (κ3) is 8.24. The summed E-state index contributed by atoms with van der Waals surface area (Å²) in [5.74, 6) is -0.0798. The van der Waals surface area contributed by atoms with E-state index in [1.165, 1.54) is 6.92 Å². The fourth-order valence-electron chi connectivity index (χ4n) is 5.71. The van der Waals surface area contributed by atoms with Crippen molar-refractivity contribution in [1.82, 2.24) is 10.6 Å². The molecule has 2 saturated heterocycles. The number of carbonyl (C=O) groups is 2. The van der Waals surface area contributed by atoms with E-state index in [0.29, 0.717) is 37.1 Å². The van der Waals surface area contributed by atoms with Gasteiger partial charge in [0.05, 0.1) is 19.1 Å². The first-order valence-corrected chi connectivity index (χ1v) is 15.9. The summed E-state index contributed by atoms with van der Waals surface area (Å²) in [5, 5.41) is 21.1. The average molecular weight is 630 g/mol. The van der Waals surface area contributed by atoms with E-state index in [1.54, 1.807) is 25.2 Å². The van der Waals surface area contributed by atoms with E-state index in [0.717, 1.165) is 5.56 Å². The highest BCUT2D eigenvalue weighted by Gasteiger charge is 2.48. The van der Waals surface area contributed by atoms with Gasteiger partial charge in [0, 0.05) is 32.1 Å². The Kier molecular flexibility index (Phi) is 11.2. The number of fused-ring (bicyclic) bond motifs is 1. The number of alkyl carbamates (subject to hydrolysis) is 1. The molecule has 1 amide bonds. The quantitative estimate of drug-likeness (QED) is 0.243. The molecular formula is C32H43N3O8S. The van der Waals surface area contributed by atoms with Crippen LogP contribution in [0.25, 0.3) is 0 Å². The molecule has 2 aliphatic heterocycles. The van der Waals surface area contributed by atoms with Crippen molar-refractivity contribution in [2.24, 2.45) is 11.3 Å². The van der Waals surface area contributed by atoms with E-state index in [4.69, 9.17) is 14.2 Å². The first-order valence-electron chi connectivity index (χ1n) is 14.9. The topological polar surface area (TPSA) is 152 Å². The van der Waals surface area contributed by atoms with Gasteiger partial charge >= 0.3 is 6.09 Å². The van der Waals surface area contributed by atoms with Crippen LogP contribution in [0.1, 0.15) is 51.2 Å². The van der Waals surface area contributed by atoms with Crippen molar-refractivity contribution in [3.8, 4) is 0 Å². The number of hydrogen-bond donors (Lipinski definition) is 4. The van der Waals surface area contributed by atoms with Crippen LogP contribution in [0.2, 0.25) is 0 Å². The van der Waals surface area contributed by atoms with Crippen LogP contribution in [0, 0.1) is 11.3 Å². The second-order valence-electron chi connectivity index (χ2n) is 12.3. The predicted octanol–water partition coefficient (Wildman–Crippen LogP) is 3.01. The second kappa shape index (κ2) is 14.7. The Balaban J connectivity index is 1.75. The highest BCUT2D eigenvalue weighted by molar-refractivity contribution is 7.73. The molecule has 2 aliphatic rings. The summed E-state index contributed by atoms with van der Waals surface area (Å²) in [6.45, 7) is 6.17. The third-order valence-corrected chi connectivity index (χ3v) is 9.08. The highest BCUT2D eigenvalue weighted by Crippen LogP contribution is 2.35. The maximum atomic E-state index is 13.7. The standard InChI is InChI=1S/C32H43N3O8S/c1-21(36)13-15-31(2,3)20-34-28(44(39)40)27(37)32(18-22-9-6-5-7-10-22,23-11-8-12-24(17-23)33-4)35-30(38)43-26-19-42-29-25(26)14-16-41-29/h5-12,17,25-27,29,33-34,37H,13-16,18-20H2,1-4H3,(H,35,38)/t25?,26?,27-,29?,32-/m0/s1. The largest absolute Gasteiger partial charge is 0.443 e. The van der Waals surface area contributed by atoms with Crippen molar-refractivity contribution in [2.45, 2.75) is 70.5 Å². The lowest BCUT2D eigenvalue weighted by Gasteiger charge is -2.40. The lowest BCUT2D eigenvalue weighted by Crippen LogP contribution is -2.61. The van der Waals surface area contributed by atoms with Crippen molar-refractivity contribution in [1.29, 1.82) is 0 Å². The lowest BCUT2D eigenvalue weighted by molar-refractivity contribution is -0.117. The van der Waals surface area contributed by atoms with Gasteiger partial charge in [-0.05, 0) is 48.4 Å². The molecule has 0 spiro atoms. The Hall–Kier alpha value is -3.29. The van der Waals surface area contributed by atoms with Gasteiger partial charge in [0.1, 0.15) is 28.5 Å². The van der Waals surface area contributed by atoms with E-state index in [1.807, 2.05) is 50.2 Å². The summed E-state index contributed by atoms with van der Waals surface area (Å²) in [7, 11) is -1.15. The SMILES string of the molecule is CNc1cccc([C@](Cc2ccccc2)(NC(=O)OC2COC3OCCC23)[C@@H](O)C(NCC(C)(C)CCC(C)=O)=S(=O)=O)c1. The number of amides is 1. The highest BCUT2D eigenvalue weighted by atomic mass is 32.2. The van der Waals surface area contributed by atoms with Gasteiger partial charge in [-0.25, -0.2) is 4.79 Å². The molecule has 240 valence electrons. The van der Waals surface area contributed by atoms with Crippen molar-refractivity contribution in [3.63, 3.8) is 0 Å². The van der Waals surface area contributed by atoms with Crippen LogP contribution in [0.5, 0.6) is 0 Å². The number of aliphatic hydroxyl groups is 1. The normalized spacial score (nSPS) is 21.5. The van der Waals surface area contributed by atoms with Gasteiger partial charge < -0.3 is 34.7 Å². The first kappa shape index (κ1) is 33.6. The van der Waals surface area contributed by atoms with Crippen molar-refractivity contribution >= 4 is 32.8 Å². The minimum atomic E-state index is -2.89. The number of benzene rings is 2. The summed E-state index contributed by atoms with van der Waals surface area (Å²) in [6, 6.07) is 16.3. The van der Waals surface area contributed by atoms with Gasteiger partial charge in [-0.2, -0.15) is 8.42 Å². The molecule has 0 aromatic heterocycles. The van der Waals surface area contributed by atoms with Crippen LogP contribution >= 0.6 is 0 Å². The molecule has 44 heavy (non-hydrogen) atoms. The Morgan fingerprint density at radius 3 is 2.55 bits per heavy atom. The monoisotopic (exact) mass is 629 g/mol. The number of Topliss-reactive ketones (excluding diaryl/α,β-unsaturated/α-hetero) is 1. The van der Waals surface area contributed by atoms with E-state index in [-0.39, 0.29) is 36.3 Å². The van der Waals surface area contributed by atoms with Gasteiger partial charge in [0.25, 0.3) is 0 Å². The lowest BCUT2D eigenvalue weighted by atomic mass is 9.78. The minimum Gasteiger partial charge on any atom is -0.443 e. The Bertz CT molecular complexity index is 1440. The summed E-state index contributed by atoms with van der Waals surface area (Å²) >= 11 is 0. The molecule has 2 aromatic carbocycles. The van der Waals surface area contributed by atoms with E-state index in [9.17, 15) is 23.1 Å². The zero-order valence-corrected chi connectivity index (χ0v) is 26.5. The van der Waals surface area contributed by atoms with Crippen molar-refractivity contribution in [2.75, 3.05) is 32.1 Å². The minimum absolute atomic E-state index is 0.0315. The van der Waals surface area contributed by atoms with Gasteiger partial charge in [-0.1, -0.05) is 56.3 Å². The number of carbonyl (C=O) groups excluding carboxylic acids is 2. The second-order valence-corrected chi connectivity index (χ2v) is 13.2. The molecule has 5 atom stereocenters. The Morgan fingerprint density at radius 1 is 1.11 bits per heavy atom. The molecule has 2 heterocycles. The van der Waals surface area contributed by atoms with Crippen LogP contribution < -0.4 is 16.0 Å². The third-order valence-electron chi connectivity index (χ3n) is 8.35. The van der Waals surface area contributed by atoms with Crippen molar-refractivity contribution < 1.29 is 37.3 Å². The summed E-state index contributed by atoms with van der Waals surface area (Å²) in [5.41, 5.74) is -0.266. The van der Waals surface area contributed by atoms with Crippen LogP contribution in [0.3, 0.4) is 0 Å². The van der Waals surface area contributed by atoms with Gasteiger partial charge in [-0.15, -0.1) is 0 Å². The molecule has 12 heteroatoms. The predicted molar refractivity (Wildman–Crippen MR) is 167 cm³/mol. The molecule has 0 aliphatic carbocycles. The zero-order valence-electron chi connectivity index (χ0n) is 25.7. The van der Waals surface area contributed by atoms with E-state index >= 15 is 0 Å². The van der Waals surface area contributed by atoms with Crippen LogP contribution in [-0.2, 0) is 41.3 Å². The Labute approximate surface area is 260 Å². The maximum Gasteiger partial charge on any atom is 0.408 e. The molecule has 0 bridgehead atoms. The van der Waals surface area contributed by atoms with Crippen LogP contribution in [0.15, 0.2) is 54.6 Å². The number of rotatable bonds is 13. The zero-order chi connectivity index (χ0) is 31.9. The fraction of sp³-hybridized carbons (Fsp3) is 0.531. The molecule has 2 fully saturated rings. The number of anilines is 1. The van der Waals surface area contributed by atoms with Gasteiger partial charge in [-0.3, -0.25) is 5.32 Å². The first-order chi connectivity index (χ1) is 20.9. The van der Waals surface area contributed by atoms with E-state index < -0.39 is 45.8 Å². The molecule has 0 saturated carbocycles. The molecular weight excluding hydrogens is 586 g/mol. The molecule has 4 rings (SSSR count). The number of ether oxygens (including phenoxy) is 3. The van der Waals surface area contributed by atoms with Crippen LogP contribution in [-0.4, -0.2) is 75.7 Å².